The predicted molar refractivity (Wildman–Crippen MR) is 77.1 cm³/mol. The largest absolute Gasteiger partial charge is 0.418 e. The Balaban J connectivity index is 2.41. The molecule has 22 heavy (non-hydrogen) atoms. The summed E-state index contributed by atoms with van der Waals surface area (Å²) in [5.41, 5.74) is -0.0692. The first kappa shape index (κ1) is 16.4. The van der Waals surface area contributed by atoms with E-state index in [4.69, 9.17) is 11.6 Å². The van der Waals surface area contributed by atoms with Crippen LogP contribution in [0.3, 0.4) is 0 Å². The summed E-state index contributed by atoms with van der Waals surface area (Å²) < 4.78 is 40.5. The van der Waals surface area contributed by atoms with Crippen molar-refractivity contribution in [3.05, 3.63) is 45.7 Å². The Hall–Kier alpha value is -2.02. The zero-order valence-corrected chi connectivity index (χ0v) is 12.8. The zero-order valence-electron chi connectivity index (χ0n) is 12.0. The van der Waals surface area contributed by atoms with Gasteiger partial charge in [0.05, 0.1) is 22.5 Å². The van der Waals surface area contributed by atoms with Gasteiger partial charge >= 0.3 is 6.18 Å². The Morgan fingerprint density at radius 2 is 1.95 bits per heavy atom. The molecule has 4 nitrogen and oxygen atoms in total. The highest BCUT2D eigenvalue weighted by Crippen LogP contribution is 2.36. The average molecular weight is 332 g/mol. The minimum absolute atomic E-state index is 0.0564. The van der Waals surface area contributed by atoms with Gasteiger partial charge in [0.1, 0.15) is 0 Å². The van der Waals surface area contributed by atoms with Gasteiger partial charge in [-0.3, -0.25) is 9.48 Å². The van der Waals surface area contributed by atoms with E-state index in [-0.39, 0.29) is 16.3 Å². The Morgan fingerprint density at radius 1 is 1.32 bits per heavy atom. The van der Waals surface area contributed by atoms with Crippen LogP contribution in [-0.2, 0) is 13.2 Å². The van der Waals surface area contributed by atoms with Crippen molar-refractivity contribution in [2.45, 2.75) is 20.0 Å². The van der Waals surface area contributed by atoms with E-state index in [0.29, 0.717) is 11.4 Å². The third kappa shape index (κ3) is 3.09. The van der Waals surface area contributed by atoms with Gasteiger partial charge in [-0.15, -0.1) is 0 Å². The fourth-order valence-corrected chi connectivity index (χ4v) is 2.32. The minimum Gasteiger partial charge on any atom is -0.321 e. The fraction of sp³-hybridized carbons (Fsp3) is 0.286. The number of nitrogens with one attached hydrogen (secondary N) is 1. The second-order valence-electron chi connectivity index (χ2n) is 4.81. The smallest absolute Gasteiger partial charge is 0.321 e. The van der Waals surface area contributed by atoms with Crippen LogP contribution in [0.1, 0.15) is 27.3 Å². The summed E-state index contributed by atoms with van der Waals surface area (Å²) in [5, 5.41) is 6.30. The molecule has 2 aromatic rings. The maximum Gasteiger partial charge on any atom is 0.418 e. The van der Waals surface area contributed by atoms with Crippen molar-refractivity contribution in [3.63, 3.8) is 0 Å². The Morgan fingerprint density at radius 3 is 2.45 bits per heavy atom. The van der Waals surface area contributed by atoms with E-state index >= 15 is 0 Å². The van der Waals surface area contributed by atoms with Crippen LogP contribution in [0.25, 0.3) is 0 Å². The quantitative estimate of drug-likeness (QED) is 0.905. The molecule has 1 aromatic heterocycles. The SMILES string of the molecule is Cc1nn(C)c(C)c1C(=O)Nc1ccc(Cl)cc1C(F)(F)F. The molecular formula is C14H13ClF3N3O. The van der Waals surface area contributed by atoms with Crippen LogP contribution in [0.4, 0.5) is 18.9 Å². The maximum absolute atomic E-state index is 13.0. The van der Waals surface area contributed by atoms with Crippen LogP contribution in [-0.4, -0.2) is 15.7 Å². The lowest BCUT2D eigenvalue weighted by Crippen LogP contribution is -2.18. The lowest BCUT2D eigenvalue weighted by molar-refractivity contribution is -0.136. The molecule has 2 rings (SSSR count). The van der Waals surface area contributed by atoms with Crippen molar-refractivity contribution in [3.8, 4) is 0 Å². The maximum atomic E-state index is 13.0. The molecule has 0 spiro atoms. The molecule has 8 heteroatoms. The number of nitrogens with zero attached hydrogens (tertiary/aromatic N) is 2. The van der Waals surface area contributed by atoms with Gasteiger partial charge in [-0.1, -0.05) is 11.6 Å². The van der Waals surface area contributed by atoms with Crippen molar-refractivity contribution >= 4 is 23.2 Å². The Kier molecular flexibility index (Phi) is 4.19. The predicted octanol–water partition coefficient (Wildman–Crippen LogP) is 3.96. The Labute approximate surface area is 129 Å². The minimum atomic E-state index is -4.62. The van der Waals surface area contributed by atoms with Gasteiger partial charge in [0, 0.05) is 17.8 Å². The summed E-state index contributed by atoms with van der Waals surface area (Å²) in [7, 11) is 1.66. The number of alkyl halides is 3. The number of hydrogen-bond acceptors (Lipinski definition) is 2. The van der Waals surface area contributed by atoms with Gasteiger partial charge in [0.2, 0.25) is 0 Å². The first-order valence-electron chi connectivity index (χ1n) is 6.29. The number of amides is 1. The van der Waals surface area contributed by atoms with E-state index in [1.165, 1.54) is 10.7 Å². The number of rotatable bonds is 2. The standard InChI is InChI=1S/C14H13ClF3N3O/c1-7-12(8(2)21(3)20-7)13(22)19-11-5-4-9(15)6-10(11)14(16,17)18/h4-6H,1-3H3,(H,19,22). The van der Waals surface area contributed by atoms with Crippen molar-refractivity contribution in [1.29, 1.82) is 0 Å². The highest BCUT2D eigenvalue weighted by molar-refractivity contribution is 6.30. The summed E-state index contributed by atoms with van der Waals surface area (Å²) in [6.45, 7) is 3.29. The van der Waals surface area contributed by atoms with E-state index in [1.54, 1.807) is 20.9 Å². The van der Waals surface area contributed by atoms with Gasteiger partial charge in [0.25, 0.3) is 5.91 Å². The summed E-state index contributed by atoms with van der Waals surface area (Å²) in [6.07, 6.45) is -4.62. The topological polar surface area (TPSA) is 46.9 Å². The molecule has 0 radical (unpaired) electrons. The van der Waals surface area contributed by atoms with Gasteiger partial charge in [-0.25, -0.2) is 0 Å². The summed E-state index contributed by atoms with van der Waals surface area (Å²) >= 11 is 5.60. The lowest BCUT2D eigenvalue weighted by Gasteiger charge is -2.14. The van der Waals surface area contributed by atoms with Gasteiger partial charge in [0.15, 0.2) is 0 Å². The molecule has 0 aliphatic heterocycles. The third-order valence-electron chi connectivity index (χ3n) is 3.27. The first-order valence-corrected chi connectivity index (χ1v) is 6.67. The molecule has 1 heterocycles. The van der Waals surface area contributed by atoms with Crippen LogP contribution >= 0.6 is 11.6 Å². The van der Waals surface area contributed by atoms with Crippen molar-refractivity contribution in [2.75, 3.05) is 5.32 Å². The first-order chi connectivity index (χ1) is 10.1. The molecule has 0 aliphatic carbocycles. The lowest BCUT2D eigenvalue weighted by atomic mass is 10.1. The molecule has 0 aliphatic rings. The summed E-state index contributed by atoms with van der Waals surface area (Å²) in [6, 6.07) is 3.19. The normalized spacial score (nSPS) is 11.6. The molecular weight excluding hydrogens is 319 g/mol. The third-order valence-corrected chi connectivity index (χ3v) is 3.51. The van der Waals surface area contributed by atoms with Gasteiger partial charge in [-0.2, -0.15) is 18.3 Å². The average Bonchev–Trinajstić information content (AvgIpc) is 2.64. The number of benzene rings is 1. The number of carbonyl (C=O) groups excluding carboxylic acids is 1. The van der Waals surface area contributed by atoms with E-state index in [1.807, 2.05) is 0 Å². The molecule has 0 bridgehead atoms. The number of hydrogen-bond donors (Lipinski definition) is 1. The van der Waals surface area contributed by atoms with Crippen LogP contribution in [0, 0.1) is 13.8 Å². The van der Waals surface area contributed by atoms with Crippen molar-refractivity contribution in [1.82, 2.24) is 9.78 Å². The van der Waals surface area contributed by atoms with Crippen LogP contribution < -0.4 is 5.32 Å². The van der Waals surface area contributed by atoms with Crippen LogP contribution in [0.15, 0.2) is 18.2 Å². The number of carbonyl (C=O) groups is 1. The van der Waals surface area contributed by atoms with E-state index in [9.17, 15) is 18.0 Å². The summed E-state index contributed by atoms with van der Waals surface area (Å²) in [5.74, 6) is -0.643. The van der Waals surface area contributed by atoms with E-state index < -0.39 is 17.6 Å². The molecule has 118 valence electrons. The van der Waals surface area contributed by atoms with Crippen molar-refractivity contribution < 1.29 is 18.0 Å². The highest BCUT2D eigenvalue weighted by atomic mass is 35.5. The van der Waals surface area contributed by atoms with Gasteiger partial charge < -0.3 is 5.32 Å². The molecule has 1 N–H and O–H groups in total. The molecule has 1 amide bonds. The number of aromatic nitrogens is 2. The van der Waals surface area contributed by atoms with E-state index in [0.717, 1.165) is 12.1 Å². The van der Waals surface area contributed by atoms with Crippen molar-refractivity contribution in [2.24, 2.45) is 7.05 Å². The summed E-state index contributed by atoms with van der Waals surface area (Å²) in [4.78, 5) is 12.3. The molecule has 0 atom stereocenters. The number of halogens is 4. The van der Waals surface area contributed by atoms with E-state index in [2.05, 4.69) is 10.4 Å². The molecule has 0 unspecified atom stereocenters. The molecule has 1 aromatic carbocycles. The Bertz CT molecular complexity index is 738. The monoisotopic (exact) mass is 331 g/mol. The second kappa shape index (κ2) is 5.64. The highest BCUT2D eigenvalue weighted by Gasteiger charge is 2.34. The second-order valence-corrected chi connectivity index (χ2v) is 5.25. The number of aryl methyl sites for hydroxylation is 2. The van der Waals surface area contributed by atoms with Crippen LogP contribution in [0.2, 0.25) is 5.02 Å². The fourth-order valence-electron chi connectivity index (χ4n) is 2.15. The number of anilines is 1. The molecule has 0 saturated carbocycles. The molecule has 0 saturated heterocycles. The molecule has 0 fully saturated rings. The zero-order chi connectivity index (χ0) is 16.7. The van der Waals surface area contributed by atoms with Crippen LogP contribution in [0.5, 0.6) is 0 Å². The van der Waals surface area contributed by atoms with Gasteiger partial charge in [-0.05, 0) is 32.0 Å².